The molecule has 1 N–H and O–H groups in total. The van der Waals surface area contributed by atoms with Crippen molar-refractivity contribution in [2.24, 2.45) is 0 Å². The molecule has 0 aromatic heterocycles. The van der Waals surface area contributed by atoms with E-state index in [1.54, 1.807) is 0 Å². The topological polar surface area (TPSA) is 40.5 Å². The Balaban J connectivity index is 4.39. The second-order valence-electron chi connectivity index (χ2n) is 4.29. The van der Waals surface area contributed by atoms with Gasteiger partial charge in [-0.05, 0) is 20.8 Å². The van der Waals surface area contributed by atoms with E-state index >= 15 is 0 Å². The summed E-state index contributed by atoms with van der Waals surface area (Å²) in [5.74, 6) is -0.810. The number of halogens is 2. The fraction of sp³-hybridized carbons (Fsp3) is 0.700. The first-order valence-corrected chi connectivity index (χ1v) is 5.50. The molecule has 0 saturated carbocycles. The minimum absolute atomic E-state index is 0.101. The molecule has 15 heavy (non-hydrogen) atoms. The van der Waals surface area contributed by atoms with Gasteiger partial charge >= 0.3 is 5.97 Å². The van der Waals surface area contributed by atoms with Gasteiger partial charge in [0.15, 0.2) is 0 Å². The fourth-order valence-electron chi connectivity index (χ4n) is 1.10. The zero-order valence-electron chi connectivity index (χ0n) is 9.26. The zero-order chi connectivity index (χ0) is 12.1. The van der Waals surface area contributed by atoms with Crippen LogP contribution in [0.15, 0.2) is 10.6 Å². The minimum Gasteiger partial charge on any atom is -0.481 e. The molecule has 88 valence electrons. The van der Waals surface area contributed by atoms with Crippen LogP contribution >= 0.6 is 23.2 Å². The Hall–Kier alpha value is -0.250. The summed E-state index contributed by atoms with van der Waals surface area (Å²) in [7, 11) is 0. The average Bonchev–Trinajstić information content (AvgIpc) is 2.09. The number of carbonyl (C=O) groups is 1. The van der Waals surface area contributed by atoms with E-state index in [4.69, 9.17) is 28.3 Å². The van der Waals surface area contributed by atoms with Crippen LogP contribution in [0.4, 0.5) is 0 Å². The Morgan fingerprint density at radius 3 is 2.33 bits per heavy atom. The molecule has 3 nitrogen and oxygen atoms in total. The highest BCUT2D eigenvalue weighted by Gasteiger charge is 2.22. The molecule has 0 rings (SSSR count). The highest BCUT2D eigenvalue weighted by Crippen LogP contribution is 2.17. The first-order chi connectivity index (χ1) is 6.77. The maximum Gasteiger partial charge on any atom is 0.304 e. The molecule has 5 heteroatoms. The van der Waals surface area contributed by atoms with Crippen LogP contribution in [0.25, 0.3) is 0 Å². The van der Waals surface area contributed by atoms with Crippen LogP contribution in [0.5, 0.6) is 0 Å². The highest BCUT2D eigenvalue weighted by atomic mass is 35.5. The first kappa shape index (κ1) is 14.8. The summed E-state index contributed by atoms with van der Waals surface area (Å²) in [6.07, 6.45) is 0.101. The summed E-state index contributed by atoms with van der Waals surface area (Å²) in [5.41, 5.74) is 1.18. The molecule has 0 heterocycles. The number of carboxylic acid groups (broad SMARTS) is 1. The number of hydrogen-bond acceptors (Lipinski definition) is 2. The second-order valence-corrected chi connectivity index (χ2v) is 5.00. The fourth-order valence-corrected chi connectivity index (χ4v) is 1.31. The maximum atomic E-state index is 10.5. The van der Waals surface area contributed by atoms with Gasteiger partial charge in [-0.2, -0.15) is 0 Å². The van der Waals surface area contributed by atoms with Crippen LogP contribution < -0.4 is 0 Å². The largest absolute Gasteiger partial charge is 0.481 e. The van der Waals surface area contributed by atoms with Crippen molar-refractivity contribution in [2.75, 3.05) is 13.1 Å². The summed E-state index contributed by atoms with van der Waals surface area (Å²) in [6, 6.07) is 0. The normalized spacial score (nSPS) is 13.3. The van der Waals surface area contributed by atoms with E-state index in [1.807, 2.05) is 25.7 Å². The van der Waals surface area contributed by atoms with Gasteiger partial charge in [0, 0.05) is 29.2 Å². The van der Waals surface area contributed by atoms with Gasteiger partial charge in [-0.3, -0.25) is 9.69 Å². The van der Waals surface area contributed by atoms with Gasteiger partial charge in [-0.1, -0.05) is 23.2 Å². The summed E-state index contributed by atoms with van der Waals surface area (Å²) in [4.78, 5) is 12.5. The van der Waals surface area contributed by atoms with Crippen molar-refractivity contribution in [1.29, 1.82) is 0 Å². The number of carboxylic acids is 1. The van der Waals surface area contributed by atoms with Crippen molar-refractivity contribution >= 4 is 29.2 Å². The van der Waals surface area contributed by atoms with Gasteiger partial charge in [0.05, 0.1) is 6.42 Å². The van der Waals surface area contributed by atoms with Crippen LogP contribution in [0, 0.1) is 0 Å². The number of hydrogen-bond donors (Lipinski definition) is 1. The Labute approximate surface area is 101 Å². The first-order valence-electron chi connectivity index (χ1n) is 4.69. The molecule has 0 fully saturated rings. The van der Waals surface area contributed by atoms with Gasteiger partial charge in [-0.25, -0.2) is 0 Å². The molecule has 0 aliphatic heterocycles. The van der Waals surface area contributed by atoms with E-state index in [0.29, 0.717) is 18.1 Å². The predicted octanol–water partition coefficient (Wildman–Crippen LogP) is 2.88. The van der Waals surface area contributed by atoms with Gasteiger partial charge in [0.2, 0.25) is 0 Å². The second kappa shape index (κ2) is 6.36. The quantitative estimate of drug-likeness (QED) is 0.820. The Kier molecular flexibility index (Phi) is 6.25. The van der Waals surface area contributed by atoms with Crippen molar-refractivity contribution in [3.05, 3.63) is 10.6 Å². The summed E-state index contributed by atoms with van der Waals surface area (Å²) < 4.78 is 0. The molecule has 0 bridgehead atoms. The van der Waals surface area contributed by atoms with E-state index in [0.717, 1.165) is 0 Å². The SMILES string of the molecule is CC(C)(C)N(CCC(=O)O)CC(Cl)=CCl. The van der Waals surface area contributed by atoms with Gasteiger partial charge < -0.3 is 5.11 Å². The van der Waals surface area contributed by atoms with E-state index < -0.39 is 5.97 Å². The molecular formula is C10H17Cl2NO2. The number of aliphatic carboxylic acids is 1. The van der Waals surface area contributed by atoms with Crippen molar-refractivity contribution in [2.45, 2.75) is 32.7 Å². The van der Waals surface area contributed by atoms with Crippen molar-refractivity contribution in [1.82, 2.24) is 4.90 Å². The average molecular weight is 254 g/mol. The molecule has 0 aromatic carbocycles. The molecule has 0 atom stereocenters. The van der Waals surface area contributed by atoms with E-state index in [-0.39, 0.29) is 12.0 Å². The predicted molar refractivity (Wildman–Crippen MR) is 63.4 cm³/mol. The van der Waals surface area contributed by atoms with Crippen molar-refractivity contribution in [3.8, 4) is 0 Å². The summed E-state index contributed by atoms with van der Waals surface area (Å²) in [5, 5.41) is 9.13. The number of rotatable bonds is 5. The monoisotopic (exact) mass is 253 g/mol. The Morgan fingerprint density at radius 1 is 1.47 bits per heavy atom. The minimum atomic E-state index is -0.810. The van der Waals surface area contributed by atoms with Crippen molar-refractivity contribution in [3.63, 3.8) is 0 Å². The Morgan fingerprint density at radius 2 is 2.00 bits per heavy atom. The lowest BCUT2D eigenvalue weighted by Crippen LogP contribution is -2.43. The summed E-state index contributed by atoms with van der Waals surface area (Å²) in [6.45, 7) is 6.95. The molecule has 0 aromatic rings. The van der Waals surface area contributed by atoms with E-state index in [9.17, 15) is 4.79 Å². The molecular weight excluding hydrogens is 237 g/mol. The lowest BCUT2D eigenvalue weighted by atomic mass is 10.1. The van der Waals surface area contributed by atoms with Gasteiger partial charge in [0.1, 0.15) is 0 Å². The van der Waals surface area contributed by atoms with Gasteiger partial charge in [0.25, 0.3) is 0 Å². The smallest absolute Gasteiger partial charge is 0.304 e. The van der Waals surface area contributed by atoms with Crippen LogP contribution in [0.1, 0.15) is 27.2 Å². The maximum absolute atomic E-state index is 10.5. The molecule has 0 radical (unpaired) electrons. The lowest BCUT2D eigenvalue weighted by Gasteiger charge is -2.35. The number of nitrogens with zero attached hydrogens (tertiary/aromatic N) is 1. The van der Waals surface area contributed by atoms with Crippen LogP contribution in [0.2, 0.25) is 0 Å². The molecule has 0 amide bonds. The Bertz CT molecular complexity index is 246. The molecule has 0 aliphatic carbocycles. The third-order valence-electron chi connectivity index (χ3n) is 2.00. The highest BCUT2D eigenvalue weighted by molar-refractivity contribution is 6.36. The van der Waals surface area contributed by atoms with Crippen LogP contribution in [0.3, 0.4) is 0 Å². The van der Waals surface area contributed by atoms with E-state index in [2.05, 4.69) is 0 Å². The third kappa shape index (κ3) is 6.77. The zero-order valence-corrected chi connectivity index (χ0v) is 10.8. The summed E-state index contributed by atoms with van der Waals surface area (Å²) >= 11 is 11.3. The molecule has 0 spiro atoms. The molecule has 0 saturated heterocycles. The third-order valence-corrected chi connectivity index (χ3v) is 2.61. The van der Waals surface area contributed by atoms with Crippen molar-refractivity contribution < 1.29 is 9.90 Å². The molecule has 0 unspecified atom stereocenters. The van der Waals surface area contributed by atoms with Gasteiger partial charge in [-0.15, -0.1) is 0 Å². The molecule has 0 aliphatic rings. The van der Waals surface area contributed by atoms with E-state index in [1.165, 1.54) is 5.54 Å². The van der Waals surface area contributed by atoms with Crippen LogP contribution in [-0.4, -0.2) is 34.6 Å². The van der Waals surface area contributed by atoms with Crippen LogP contribution in [-0.2, 0) is 4.79 Å². The standard InChI is InChI=1S/C10H17Cl2NO2/c1-10(2,3)13(5-4-9(14)15)7-8(12)6-11/h6H,4-5,7H2,1-3H3,(H,14,15). The lowest BCUT2D eigenvalue weighted by molar-refractivity contribution is -0.137.